The van der Waals surface area contributed by atoms with Gasteiger partial charge in [0.15, 0.2) is 0 Å². The third-order valence-corrected chi connectivity index (χ3v) is 2.50. The normalized spacial score (nSPS) is 32.7. The fraction of sp³-hybridized carbons (Fsp3) is 0.875. The molecule has 4 heteroatoms. The van der Waals surface area contributed by atoms with Gasteiger partial charge in [-0.15, -0.1) is 0 Å². The fourth-order valence-corrected chi connectivity index (χ4v) is 1.51. The maximum Gasteiger partial charge on any atom is 0.227 e. The van der Waals surface area contributed by atoms with Crippen LogP contribution < -0.4 is 5.73 Å². The Bertz CT molecular complexity index is 184. The molecule has 1 aliphatic heterocycles. The molecule has 1 amide bonds. The van der Waals surface area contributed by atoms with Crippen molar-refractivity contribution in [3.63, 3.8) is 0 Å². The second-order valence-corrected chi connectivity index (χ2v) is 3.43. The highest BCUT2D eigenvalue weighted by atomic mass is 19.1. The first kappa shape index (κ1) is 9.45. The van der Waals surface area contributed by atoms with Crippen LogP contribution >= 0.6 is 0 Å². The summed E-state index contributed by atoms with van der Waals surface area (Å²) in [5, 5.41) is 0. The van der Waals surface area contributed by atoms with Gasteiger partial charge in [0.2, 0.25) is 5.91 Å². The summed E-state index contributed by atoms with van der Waals surface area (Å²) in [6, 6.07) is 0. The molecule has 1 rings (SSSR count). The first-order chi connectivity index (χ1) is 5.57. The number of alkyl halides is 1. The molecule has 0 aromatic carbocycles. The average molecular weight is 174 g/mol. The van der Waals surface area contributed by atoms with E-state index in [1.807, 2.05) is 0 Å². The van der Waals surface area contributed by atoms with Gasteiger partial charge in [-0.25, -0.2) is 0 Å². The van der Waals surface area contributed by atoms with E-state index < -0.39 is 6.67 Å². The van der Waals surface area contributed by atoms with Crippen LogP contribution in [0.5, 0.6) is 0 Å². The summed E-state index contributed by atoms with van der Waals surface area (Å²) in [5.41, 5.74) is 5.55. The van der Waals surface area contributed by atoms with E-state index in [4.69, 9.17) is 5.73 Å². The fourth-order valence-electron chi connectivity index (χ4n) is 1.51. The zero-order valence-electron chi connectivity index (χ0n) is 7.46. The number of halogens is 1. The lowest BCUT2D eigenvalue weighted by Crippen LogP contribution is -2.41. The molecule has 1 heterocycles. The highest BCUT2D eigenvalue weighted by molar-refractivity contribution is 5.81. The van der Waals surface area contributed by atoms with Gasteiger partial charge in [-0.05, 0) is 6.92 Å². The van der Waals surface area contributed by atoms with Crippen molar-refractivity contribution in [1.29, 1.82) is 0 Å². The van der Waals surface area contributed by atoms with Crippen molar-refractivity contribution in [3.8, 4) is 0 Å². The van der Waals surface area contributed by atoms with Crippen LogP contribution in [-0.4, -0.2) is 30.2 Å². The highest BCUT2D eigenvalue weighted by Crippen LogP contribution is 2.25. The van der Waals surface area contributed by atoms with Crippen molar-refractivity contribution in [2.45, 2.75) is 20.0 Å². The van der Waals surface area contributed by atoms with Crippen LogP contribution in [-0.2, 0) is 4.79 Å². The van der Waals surface area contributed by atoms with Crippen LogP contribution in [0.25, 0.3) is 0 Å². The molecule has 0 spiro atoms. The standard InChI is InChI=1S/C8H15FN2O/c1-5-7(3-9)4-11(6(2)10)8(5)12/h5-7H,3-4,10H2,1-2H3/t5-,6-,7+/m1/s1. The van der Waals surface area contributed by atoms with Crippen molar-refractivity contribution in [2.75, 3.05) is 13.2 Å². The second kappa shape index (κ2) is 3.39. The van der Waals surface area contributed by atoms with E-state index in [0.29, 0.717) is 6.54 Å². The van der Waals surface area contributed by atoms with Gasteiger partial charge in [0.05, 0.1) is 12.8 Å². The molecule has 2 N–H and O–H groups in total. The Hall–Kier alpha value is -0.640. The Labute approximate surface area is 71.7 Å². The smallest absolute Gasteiger partial charge is 0.227 e. The number of nitrogens with two attached hydrogens (primary N) is 1. The van der Waals surface area contributed by atoms with Gasteiger partial charge < -0.3 is 10.6 Å². The quantitative estimate of drug-likeness (QED) is 0.656. The molecule has 1 aliphatic rings. The molecule has 0 saturated carbocycles. The van der Waals surface area contributed by atoms with E-state index in [0.717, 1.165) is 0 Å². The molecule has 70 valence electrons. The van der Waals surface area contributed by atoms with Gasteiger partial charge in [0.1, 0.15) is 0 Å². The zero-order chi connectivity index (χ0) is 9.30. The molecule has 0 aromatic rings. The minimum Gasteiger partial charge on any atom is -0.327 e. The maximum absolute atomic E-state index is 12.3. The molecule has 1 fully saturated rings. The van der Waals surface area contributed by atoms with Gasteiger partial charge in [-0.3, -0.25) is 9.18 Å². The summed E-state index contributed by atoms with van der Waals surface area (Å²) in [4.78, 5) is 12.9. The van der Waals surface area contributed by atoms with E-state index >= 15 is 0 Å². The molecular weight excluding hydrogens is 159 g/mol. The van der Waals surface area contributed by atoms with Crippen molar-refractivity contribution in [3.05, 3.63) is 0 Å². The van der Waals surface area contributed by atoms with E-state index in [9.17, 15) is 9.18 Å². The summed E-state index contributed by atoms with van der Waals surface area (Å²) in [5.74, 6) is -0.392. The summed E-state index contributed by atoms with van der Waals surface area (Å²) in [6.07, 6.45) is -0.295. The SMILES string of the molecule is C[C@H](N)N1C[C@H](CF)[C@@H](C)C1=O. The molecular formula is C8H15FN2O. The van der Waals surface area contributed by atoms with E-state index in [1.54, 1.807) is 13.8 Å². The van der Waals surface area contributed by atoms with Crippen molar-refractivity contribution in [2.24, 2.45) is 17.6 Å². The summed E-state index contributed by atoms with van der Waals surface area (Å²) >= 11 is 0. The largest absolute Gasteiger partial charge is 0.327 e. The van der Waals surface area contributed by atoms with E-state index in [-0.39, 0.29) is 23.9 Å². The first-order valence-electron chi connectivity index (χ1n) is 4.20. The topological polar surface area (TPSA) is 46.3 Å². The monoisotopic (exact) mass is 174 g/mol. The number of rotatable bonds is 2. The Morgan fingerprint density at radius 3 is 2.67 bits per heavy atom. The minimum absolute atomic E-state index is 0.0207. The number of nitrogens with zero attached hydrogens (tertiary/aromatic N) is 1. The third-order valence-electron chi connectivity index (χ3n) is 2.50. The number of carbonyl (C=O) groups excluding carboxylic acids is 1. The average Bonchev–Trinajstić information content (AvgIpc) is 2.30. The van der Waals surface area contributed by atoms with E-state index in [2.05, 4.69) is 0 Å². The lowest BCUT2D eigenvalue weighted by molar-refractivity contribution is -0.132. The van der Waals surface area contributed by atoms with Crippen LogP contribution in [0.2, 0.25) is 0 Å². The molecule has 0 aliphatic carbocycles. The second-order valence-electron chi connectivity index (χ2n) is 3.43. The van der Waals surface area contributed by atoms with E-state index in [1.165, 1.54) is 4.90 Å². The first-order valence-corrected chi connectivity index (χ1v) is 4.20. The Morgan fingerprint density at radius 1 is 1.83 bits per heavy atom. The number of amides is 1. The Morgan fingerprint density at radius 2 is 2.42 bits per heavy atom. The van der Waals surface area contributed by atoms with Gasteiger partial charge in [-0.2, -0.15) is 0 Å². The van der Waals surface area contributed by atoms with Gasteiger partial charge in [0.25, 0.3) is 0 Å². The highest BCUT2D eigenvalue weighted by Gasteiger charge is 2.38. The van der Waals surface area contributed by atoms with Crippen LogP contribution in [0.3, 0.4) is 0 Å². The molecule has 3 nitrogen and oxygen atoms in total. The molecule has 0 bridgehead atoms. The zero-order valence-corrected chi connectivity index (χ0v) is 7.46. The molecule has 0 aromatic heterocycles. The predicted molar refractivity (Wildman–Crippen MR) is 44.0 cm³/mol. The van der Waals surface area contributed by atoms with Gasteiger partial charge in [-0.1, -0.05) is 6.92 Å². The number of hydrogen-bond donors (Lipinski definition) is 1. The number of hydrogen-bond acceptors (Lipinski definition) is 2. The molecule has 0 radical (unpaired) electrons. The summed E-state index contributed by atoms with van der Waals surface area (Å²) in [6.45, 7) is 3.53. The lowest BCUT2D eigenvalue weighted by Gasteiger charge is -2.20. The molecule has 0 unspecified atom stereocenters. The summed E-state index contributed by atoms with van der Waals surface area (Å²) < 4.78 is 12.3. The van der Waals surface area contributed by atoms with Crippen molar-refractivity contribution < 1.29 is 9.18 Å². The molecule has 3 atom stereocenters. The third kappa shape index (κ3) is 1.43. The minimum atomic E-state index is -0.434. The van der Waals surface area contributed by atoms with Crippen LogP contribution in [0.15, 0.2) is 0 Å². The van der Waals surface area contributed by atoms with Crippen molar-refractivity contribution in [1.82, 2.24) is 4.90 Å². The maximum atomic E-state index is 12.3. The Kier molecular flexibility index (Phi) is 2.67. The molecule has 1 saturated heterocycles. The summed E-state index contributed by atoms with van der Waals surface area (Å²) in [7, 11) is 0. The van der Waals surface area contributed by atoms with Crippen LogP contribution in [0.4, 0.5) is 4.39 Å². The molecule has 12 heavy (non-hydrogen) atoms. The number of carbonyl (C=O) groups is 1. The lowest BCUT2D eigenvalue weighted by atomic mass is 10.00. The van der Waals surface area contributed by atoms with Gasteiger partial charge in [0, 0.05) is 18.4 Å². The Balaban J connectivity index is 2.67. The van der Waals surface area contributed by atoms with Gasteiger partial charge >= 0.3 is 0 Å². The number of likely N-dealkylation sites (tertiary alicyclic amines) is 1. The van der Waals surface area contributed by atoms with Crippen LogP contribution in [0.1, 0.15) is 13.8 Å². The van der Waals surface area contributed by atoms with Crippen LogP contribution in [0, 0.1) is 11.8 Å². The predicted octanol–water partition coefficient (Wildman–Crippen LogP) is 0.355. The van der Waals surface area contributed by atoms with Crippen molar-refractivity contribution >= 4 is 5.91 Å².